The molecule has 94 valence electrons. The fraction of sp³-hybridized carbons (Fsp3) is 0.455. The van der Waals surface area contributed by atoms with Crippen molar-refractivity contribution in [3.63, 3.8) is 0 Å². The SMILES string of the molecule is Nc1ccc(S(=O)(=O)NC2CCCC2)c(Cl)c1. The lowest BCUT2D eigenvalue weighted by molar-refractivity contribution is 0.552. The third kappa shape index (κ3) is 2.91. The van der Waals surface area contributed by atoms with E-state index in [-0.39, 0.29) is 16.0 Å². The Labute approximate surface area is 106 Å². The van der Waals surface area contributed by atoms with E-state index in [1.807, 2.05) is 0 Å². The van der Waals surface area contributed by atoms with Gasteiger partial charge in [0.1, 0.15) is 4.90 Å². The maximum absolute atomic E-state index is 12.1. The first kappa shape index (κ1) is 12.7. The number of anilines is 1. The Bertz CT molecular complexity index is 510. The molecular weight excluding hydrogens is 260 g/mol. The van der Waals surface area contributed by atoms with Crippen LogP contribution >= 0.6 is 11.6 Å². The summed E-state index contributed by atoms with van der Waals surface area (Å²) in [7, 11) is -3.53. The second kappa shape index (κ2) is 4.84. The van der Waals surface area contributed by atoms with E-state index in [0.717, 1.165) is 25.7 Å². The van der Waals surface area contributed by atoms with Crippen LogP contribution in [0, 0.1) is 0 Å². The molecule has 0 atom stereocenters. The van der Waals surface area contributed by atoms with Gasteiger partial charge in [0.25, 0.3) is 0 Å². The summed E-state index contributed by atoms with van der Waals surface area (Å²) in [4.78, 5) is 0.0975. The van der Waals surface area contributed by atoms with Crippen LogP contribution in [-0.2, 0) is 10.0 Å². The molecule has 0 radical (unpaired) electrons. The lowest BCUT2D eigenvalue weighted by Gasteiger charge is -2.13. The molecule has 0 aromatic heterocycles. The quantitative estimate of drug-likeness (QED) is 0.830. The predicted molar refractivity (Wildman–Crippen MR) is 68.4 cm³/mol. The summed E-state index contributed by atoms with van der Waals surface area (Å²) in [6.07, 6.45) is 3.93. The first-order chi connectivity index (χ1) is 7.99. The Morgan fingerprint density at radius 1 is 1.29 bits per heavy atom. The average Bonchev–Trinajstić information content (AvgIpc) is 2.68. The van der Waals surface area contributed by atoms with Crippen molar-refractivity contribution >= 4 is 27.3 Å². The van der Waals surface area contributed by atoms with Crippen LogP contribution in [0.25, 0.3) is 0 Å². The van der Waals surface area contributed by atoms with Gasteiger partial charge >= 0.3 is 0 Å². The van der Waals surface area contributed by atoms with Crippen LogP contribution in [0.5, 0.6) is 0 Å². The first-order valence-electron chi connectivity index (χ1n) is 5.56. The number of hydrogen-bond donors (Lipinski definition) is 2. The second-order valence-corrected chi connectivity index (χ2v) is 6.38. The normalized spacial score (nSPS) is 17.5. The van der Waals surface area contributed by atoms with Crippen LogP contribution in [0.3, 0.4) is 0 Å². The summed E-state index contributed by atoms with van der Waals surface area (Å²) in [6.45, 7) is 0. The molecule has 4 nitrogen and oxygen atoms in total. The summed E-state index contributed by atoms with van der Waals surface area (Å²) < 4.78 is 26.8. The third-order valence-electron chi connectivity index (χ3n) is 2.92. The average molecular weight is 275 g/mol. The zero-order valence-corrected chi connectivity index (χ0v) is 10.9. The van der Waals surface area contributed by atoms with Crippen molar-refractivity contribution in [1.29, 1.82) is 0 Å². The smallest absolute Gasteiger partial charge is 0.242 e. The van der Waals surface area contributed by atoms with Crippen LogP contribution in [0.2, 0.25) is 5.02 Å². The van der Waals surface area contributed by atoms with Gasteiger partial charge < -0.3 is 5.73 Å². The zero-order valence-electron chi connectivity index (χ0n) is 9.32. The monoisotopic (exact) mass is 274 g/mol. The topological polar surface area (TPSA) is 72.2 Å². The lowest BCUT2D eigenvalue weighted by Crippen LogP contribution is -2.32. The molecule has 0 amide bonds. The van der Waals surface area contributed by atoms with Gasteiger partial charge in [0.05, 0.1) is 5.02 Å². The van der Waals surface area contributed by atoms with Crippen LogP contribution in [-0.4, -0.2) is 14.5 Å². The van der Waals surface area contributed by atoms with Crippen molar-refractivity contribution in [1.82, 2.24) is 4.72 Å². The molecule has 0 aliphatic heterocycles. The third-order valence-corrected chi connectivity index (χ3v) is 4.93. The van der Waals surface area contributed by atoms with Crippen LogP contribution in [0.4, 0.5) is 5.69 Å². The highest BCUT2D eigenvalue weighted by atomic mass is 35.5. The zero-order chi connectivity index (χ0) is 12.5. The van der Waals surface area contributed by atoms with Crippen molar-refractivity contribution in [3.05, 3.63) is 23.2 Å². The summed E-state index contributed by atoms with van der Waals surface area (Å²) in [5.74, 6) is 0. The second-order valence-electron chi connectivity index (χ2n) is 4.29. The number of sulfonamides is 1. The van der Waals surface area contributed by atoms with Gasteiger partial charge in [-0.25, -0.2) is 13.1 Å². The van der Waals surface area contributed by atoms with Gasteiger partial charge in [0.2, 0.25) is 10.0 Å². The van der Waals surface area contributed by atoms with E-state index >= 15 is 0 Å². The Morgan fingerprint density at radius 2 is 1.94 bits per heavy atom. The van der Waals surface area contributed by atoms with Gasteiger partial charge in [-0.3, -0.25) is 0 Å². The summed E-state index contributed by atoms with van der Waals surface area (Å²) in [5.41, 5.74) is 5.99. The molecule has 3 N–H and O–H groups in total. The van der Waals surface area contributed by atoms with E-state index in [1.165, 1.54) is 18.2 Å². The summed E-state index contributed by atoms with van der Waals surface area (Å²) >= 11 is 5.90. The Balaban J connectivity index is 2.24. The minimum atomic E-state index is -3.53. The van der Waals surface area contributed by atoms with Crippen molar-refractivity contribution < 1.29 is 8.42 Å². The van der Waals surface area contributed by atoms with E-state index in [2.05, 4.69) is 4.72 Å². The molecule has 0 unspecified atom stereocenters. The Morgan fingerprint density at radius 3 is 2.53 bits per heavy atom. The van der Waals surface area contributed by atoms with Gasteiger partial charge in [-0.15, -0.1) is 0 Å². The molecule has 0 spiro atoms. The first-order valence-corrected chi connectivity index (χ1v) is 7.42. The van der Waals surface area contributed by atoms with Crippen molar-refractivity contribution in [2.45, 2.75) is 36.6 Å². The highest BCUT2D eigenvalue weighted by Crippen LogP contribution is 2.26. The molecular formula is C11H15ClN2O2S. The molecule has 1 aliphatic carbocycles. The van der Waals surface area contributed by atoms with E-state index < -0.39 is 10.0 Å². The molecule has 1 fully saturated rings. The standard InChI is InChI=1S/C11H15ClN2O2S/c12-10-7-8(13)5-6-11(10)17(15,16)14-9-3-1-2-4-9/h5-7,9,14H,1-4,13H2. The largest absolute Gasteiger partial charge is 0.399 e. The van der Waals surface area contributed by atoms with Gasteiger partial charge in [-0.05, 0) is 31.0 Å². The number of rotatable bonds is 3. The van der Waals surface area contributed by atoms with Crippen LogP contribution < -0.4 is 10.5 Å². The van der Waals surface area contributed by atoms with Gasteiger partial charge in [0, 0.05) is 11.7 Å². The fourth-order valence-electron chi connectivity index (χ4n) is 2.06. The van der Waals surface area contributed by atoms with E-state index in [9.17, 15) is 8.42 Å². The van der Waals surface area contributed by atoms with Gasteiger partial charge in [-0.2, -0.15) is 0 Å². The Kier molecular flexibility index (Phi) is 3.61. The van der Waals surface area contributed by atoms with E-state index in [0.29, 0.717) is 5.69 Å². The number of nitrogen functional groups attached to an aromatic ring is 1. The number of benzene rings is 1. The molecule has 0 bridgehead atoms. The van der Waals surface area contributed by atoms with E-state index in [4.69, 9.17) is 17.3 Å². The number of halogens is 1. The predicted octanol–water partition coefficient (Wildman–Crippen LogP) is 2.14. The maximum Gasteiger partial charge on any atom is 0.242 e. The molecule has 2 rings (SSSR count). The molecule has 1 aromatic rings. The molecule has 6 heteroatoms. The summed E-state index contributed by atoms with van der Waals surface area (Å²) in [5, 5.41) is 0.162. The molecule has 1 aromatic carbocycles. The minimum absolute atomic E-state index is 0.0358. The summed E-state index contributed by atoms with van der Waals surface area (Å²) in [6, 6.07) is 4.46. The lowest BCUT2D eigenvalue weighted by atomic mass is 10.3. The Hall–Kier alpha value is -0.780. The maximum atomic E-state index is 12.1. The molecule has 1 saturated carbocycles. The van der Waals surface area contributed by atoms with Crippen LogP contribution in [0.1, 0.15) is 25.7 Å². The van der Waals surface area contributed by atoms with Crippen LogP contribution in [0.15, 0.2) is 23.1 Å². The molecule has 17 heavy (non-hydrogen) atoms. The van der Waals surface area contributed by atoms with Crippen molar-refractivity contribution in [2.24, 2.45) is 0 Å². The van der Waals surface area contributed by atoms with Gasteiger partial charge in [0.15, 0.2) is 0 Å². The molecule has 1 aliphatic rings. The van der Waals surface area contributed by atoms with E-state index in [1.54, 1.807) is 0 Å². The van der Waals surface area contributed by atoms with Crippen molar-refractivity contribution in [2.75, 3.05) is 5.73 Å². The molecule has 0 saturated heterocycles. The number of hydrogen-bond acceptors (Lipinski definition) is 3. The highest BCUT2D eigenvalue weighted by molar-refractivity contribution is 7.89. The highest BCUT2D eigenvalue weighted by Gasteiger charge is 2.24. The fourth-order valence-corrected chi connectivity index (χ4v) is 3.92. The van der Waals surface area contributed by atoms with Gasteiger partial charge in [-0.1, -0.05) is 24.4 Å². The minimum Gasteiger partial charge on any atom is -0.399 e. The number of nitrogens with one attached hydrogen (secondary N) is 1. The molecule has 0 heterocycles. The van der Waals surface area contributed by atoms with Crippen molar-refractivity contribution in [3.8, 4) is 0 Å². The number of nitrogens with two attached hydrogens (primary N) is 1.